The number of rotatable bonds is 9. The number of nitrogens with one attached hydrogen (secondary N) is 2. The molecule has 1 aromatic carbocycles. The van der Waals surface area contributed by atoms with E-state index in [0.717, 1.165) is 18.5 Å². The van der Waals surface area contributed by atoms with Crippen molar-refractivity contribution in [2.24, 2.45) is 0 Å². The van der Waals surface area contributed by atoms with Crippen LogP contribution in [0.1, 0.15) is 18.4 Å². The first kappa shape index (κ1) is 16.4. The van der Waals surface area contributed by atoms with Crippen molar-refractivity contribution in [2.45, 2.75) is 30.2 Å². The molecule has 0 aliphatic heterocycles. The van der Waals surface area contributed by atoms with Gasteiger partial charge < -0.3 is 10.2 Å². The van der Waals surface area contributed by atoms with Crippen LogP contribution < -0.4 is 10.0 Å². The molecule has 0 saturated heterocycles. The van der Waals surface area contributed by atoms with E-state index in [-0.39, 0.29) is 0 Å². The molecule has 2 N–H and O–H groups in total. The van der Waals surface area contributed by atoms with Crippen LogP contribution in [0.15, 0.2) is 29.2 Å². The van der Waals surface area contributed by atoms with Crippen LogP contribution in [0, 0.1) is 0 Å². The molecule has 5 nitrogen and oxygen atoms in total. The fourth-order valence-corrected chi connectivity index (χ4v) is 3.05. The van der Waals surface area contributed by atoms with Gasteiger partial charge in [-0.05, 0) is 57.6 Å². The van der Waals surface area contributed by atoms with Gasteiger partial charge in [0.15, 0.2) is 0 Å². The Morgan fingerprint density at radius 1 is 1.14 bits per heavy atom. The predicted octanol–water partition coefficient (Wildman–Crippen LogP) is 0.821. The zero-order valence-corrected chi connectivity index (χ0v) is 13.6. The topological polar surface area (TPSA) is 61.4 Å². The van der Waals surface area contributed by atoms with E-state index in [0.29, 0.717) is 24.0 Å². The summed E-state index contributed by atoms with van der Waals surface area (Å²) in [7, 11) is 0.442. The number of likely N-dealkylation sites (N-methyl/N-ethyl adjacent to an activating group) is 1. The van der Waals surface area contributed by atoms with Crippen LogP contribution in [0.3, 0.4) is 0 Å². The van der Waals surface area contributed by atoms with Gasteiger partial charge in [-0.2, -0.15) is 0 Å². The molecule has 1 aromatic rings. The number of hydrogen-bond acceptors (Lipinski definition) is 4. The fourth-order valence-electron chi connectivity index (χ4n) is 2.03. The summed E-state index contributed by atoms with van der Waals surface area (Å²) < 4.78 is 26.8. The molecule has 118 valence electrons. The smallest absolute Gasteiger partial charge is 0.240 e. The van der Waals surface area contributed by atoms with Crippen molar-refractivity contribution in [3.05, 3.63) is 29.8 Å². The second-order valence-corrected chi connectivity index (χ2v) is 7.59. The summed E-state index contributed by atoms with van der Waals surface area (Å²) in [6, 6.07) is 7.88. The van der Waals surface area contributed by atoms with Crippen molar-refractivity contribution in [3.63, 3.8) is 0 Å². The largest absolute Gasteiger partial charge is 0.314 e. The van der Waals surface area contributed by atoms with Crippen LogP contribution in [0.4, 0.5) is 0 Å². The normalized spacial score (nSPS) is 15.6. The van der Waals surface area contributed by atoms with Gasteiger partial charge in [-0.25, -0.2) is 13.1 Å². The molecule has 1 aliphatic rings. The van der Waals surface area contributed by atoms with E-state index in [1.54, 1.807) is 12.1 Å². The molecule has 6 heteroatoms. The van der Waals surface area contributed by atoms with Crippen LogP contribution in [-0.2, 0) is 16.4 Å². The molecule has 0 bridgehead atoms. The van der Waals surface area contributed by atoms with E-state index in [1.165, 1.54) is 12.8 Å². The summed E-state index contributed by atoms with van der Waals surface area (Å²) in [4.78, 5) is 2.28. The summed E-state index contributed by atoms with van der Waals surface area (Å²) in [6.07, 6.45) is 3.51. The lowest BCUT2D eigenvalue weighted by molar-refractivity contribution is 0.412. The first-order chi connectivity index (χ1) is 9.97. The Kier molecular flexibility index (Phi) is 5.75. The summed E-state index contributed by atoms with van der Waals surface area (Å²) in [6.45, 7) is 2.06. The van der Waals surface area contributed by atoms with Crippen molar-refractivity contribution in [2.75, 3.05) is 33.7 Å². The average Bonchev–Trinajstić information content (AvgIpc) is 3.23. The third kappa shape index (κ3) is 5.74. The maximum absolute atomic E-state index is 12.1. The molecule has 0 atom stereocenters. The highest BCUT2D eigenvalue weighted by molar-refractivity contribution is 7.89. The summed E-state index contributed by atoms with van der Waals surface area (Å²) in [5.74, 6) is 0. The fraction of sp³-hybridized carbons (Fsp3) is 0.600. The Morgan fingerprint density at radius 2 is 1.81 bits per heavy atom. The van der Waals surface area contributed by atoms with Gasteiger partial charge >= 0.3 is 0 Å². The van der Waals surface area contributed by atoms with Gasteiger partial charge in [0.05, 0.1) is 4.90 Å². The van der Waals surface area contributed by atoms with Crippen molar-refractivity contribution >= 4 is 10.0 Å². The average molecular weight is 311 g/mol. The molecule has 1 fully saturated rings. The van der Waals surface area contributed by atoms with E-state index in [1.807, 2.05) is 31.1 Å². The van der Waals surface area contributed by atoms with E-state index in [9.17, 15) is 8.42 Å². The highest BCUT2D eigenvalue weighted by atomic mass is 32.2. The molecule has 0 amide bonds. The second-order valence-electron chi connectivity index (χ2n) is 5.82. The predicted molar refractivity (Wildman–Crippen MR) is 84.9 cm³/mol. The highest BCUT2D eigenvalue weighted by Gasteiger charge is 2.19. The lowest BCUT2D eigenvalue weighted by Crippen LogP contribution is -2.31. The first-order valence-electron chi connectivity index (χ1n) is 7.44. The maximum atomic E-state index is 12.1. The minimum Gasteiger partial charge on any atom is -0.314 e. The third-order valence-corrected chi connectivity index (χ3v) is 4.99. The second kappa shape index (κ2) is 7.35. The van der Waals surface area contributed by atoms with Gasteiger partial charge in [0.1, 0.15) is 0 Å². The molecule has 0 unspecified atom stereocenters. The van der Waals surface area contributed by atoms with Crippen molar-refractivity contribution in [1.82, 2.24) is 14.9 Å². The van der Waals surface area contributed by atoms with E-state index in [2.05, 4.69) is 10.0 Å². The summed E-state index contributed by atoms with van der Waals surface area (Å²) in [5.41, 5.74) is 1.16. The van der Waals surface area contributed by atoms with Crippen molar-refractivity contribution < 1.29 is 8.42 Å². The number of hydrogen-bond donors (Lipinski definition) is 2. The highest BCUT2D eigenvalue weighted by Crippen LogP contribution is 2.18. The Labute approximate surface area is 127 Å². The van der Waals surface area contributed by atoms with Crippen LogP contribution in [0.25, 0.3) is 0 Å². The molecule has 1 saturated carbocycles. The summed E-state index contributed by atoms with van der Waals surface area (Å²) in [5, 5.41) is 3.45. The lowest BCUT2D eigenvalue weighted by atomic mass is 10.1. The van der Waals surface area contributed by atoms with Gasteiger partial charge in [-0.1, -0.05) is 12.1 Å². The lowest BCUT2D eigenvalue weighted by Gasteiger charge is -2.11. The van der Waals surface area contributed by atoms with Crippen LogP contribution in [-0.4, -0.2) is 53.1 Å². The standard InChI is InChI=1S/C15H25N3O2S/c1-18(2)12-11-17-21(19,20)15-7-3-13(4-8-15)9-10-16-14-5-6-14/h3-4,7-8,14,16-17H,5-6,9-12H2,1-2H3. The van der Waals surface area contributed by atoms with Gasteiger partial charge in [0, 0.05) is 19.1 Å². The van der Waals surface area contributed by atoms with Crippen molar-refractivity contribution in [1.29, 1.82) is 0 Å². The zero-order valence-electron chi connectivity index (χ0n) is 12.8. The Bertz CT molecular complexity index is 537. The first-order valence-corrected chi connectivity index (χ1v) is 8.92. The monoisotopic (exact) mass is 311 g/mol. The Morgan fingerprint density at radius 3 is 2.38 bits per heavy atom. The molecule has 0 radical (unpaired) electrons. The molecule has 0 spiro atoms. The molecule has 2 rings (SSSR count). The van der Waals surface area contributed by atoms with Gasteiger partial charge in [-0.3, -0.25) is 0 Å². The van der Waals surface area contributed by atoms with Crippen LogP contribution in [0.5, 0.6) is 0 Å². The number of benzene rings is 1. The molecule has 0 heterocycles. The SMILES string of the molecule is CN(C)CCNS(=O)(=O)c1ccc(CCNC2CC2)cc1. The van der Waals surface area contributed by atoms with Crippen molar-refractivity contribution in [3.8, 4) is 0 Å². The molecular formula is C15H25N3O2S. The van der Waals surface area contributed by atoms with E-state index in [4.69, 9.17) is 0 Å². The number of nitrogens with zero attached hydrogens (tertiary/aromatic N) is 1. The molecule has 1 aliphatic carbocycles. The molecule has 21 heavy (non-hydrogen) atoms. The quantitative estimate of drug-likeness (QED) is 0.709. The van der Waals surface area contributed by atoms with E-state index < -0.39 is 10.0 Å². The van der Waals surface area contributed by atoms with Crippen LogP contribution in [0.2, 0.25) is 0 Å². The van der Waals surface area contributed by atoms with Gasteiger partial charge in [0.2, 0.25) is 10.0 Å². The maximum Gasteiger partial charge on any atom is 0.240 e. The zero-order chi connectivity index (χ0) is 15.3. The number of sulfonamides is 1. The minimum atomic E-state index is -3.39. The van der Waals surface area contributed by atoms with Gasteiger partial charge in [0.25, 0.3) is 0 Å². The Balaban J connectivity index is 1.84. The van der Waals surface area contributed by atoms with E-state index >= 15 is 0 Å². The summed E-state index contributed by atoms with van der Waals surface area (Å²) >= 11 is 0. The third-order valence-electron chi connectivity index (χ3n) is 3.51. The molecule has 0 aromatic heterocycles. The molecular weight excluding hydrogens is 286 g/mol. The Hall–Kier alpha value is -0.950. The van der Waals surface area contributed by atoms with Crippen LogP contribution >= 0.6 is 0 Å². The minimum absolute atomic E-state index is 0.333. The van der Waals surface area contributed by atoms with Gasteiger partial charge in [-0.15, -0.1) is 0 Å².